The molecule has 1 aliphatic carbocycles. The molecule has 27 heavy (non-hydrogen) atoms. The fourth-order valence-corrected chi connectivity index (χ4v) is 5.66. The Kier molecular flexibility index (Phi) is 5.56. The third-order valence-corrected chi connectivity index (χ3v) is 7.24. The third-order valence-electron chi connectivity index (χ3n) is 7.24. The van der Waals surface area contributed by atoms with E-state index in [4.69, 9.17) is 0 Å². The van der Waals surface area contributed by atoms with Crippen LogP contribution in [0.2, 0.25) is 0 Å². The minimum absolute atomic E-state index is 0.209. The normalized spacial score (nSPS) is 26.4. The monoisotopic (exact) mass is 370 g/mol. The average Bonchev–Trinajstić information content (AvgIpc) is 3.33. The van der Waals surface area contributed by atoms with Crippen LogP contribution in [0.3, 0.4) is 0 Å². The Balaban J connectivity index is 1.54. The molecule has 1 aromatic rings. The van der Waals surface area contributed by atoms with Gasteiger partial charge in [0.1, 0.15) is 13.1 Å². The number of aryl methyl sites for hydroxylation is 1. The van der Waals surface area contributed by atoms with Crippen LogP contribution in [-0.4, -0.2) is 36.6 Å². The highest BCUT2D eigenvalue weighted by Gasteiger charge is 2.45. The van der Waals surface area contributed by atoms with E-state index >= 15 is 0 Å². The van der Waals surface area contributed by atoms with Crippen molar-refractivity contribution in [3.05, 3.63) is 23.8 Å². The zero-order chi connectivity index (χ0) is 18.9. The quantitative estimate of drug-likeness (QED) is 0.755. The fourth-order valence-electron chi connectivity index (χ4n) is 5.66. The number of nitrogens with zero attached hydrogens (tertiary/aromatic N) is 2. The van der Waals surface area contributed by atoms with Crippen LogP contribution in [0.15, 0.2) is 18.2 Å². The summed E-state index contributed by atoms with van der Waals surface area (Å²) in [4.78, 5) is 12.7. The number of carbonyl (C=O) groups is 1. The summed E-state index contributed by atoms with van der Waals surface area (Å²) in [5.41, 5.74) is 3.61. The van der Waals surface area contributed by atoms with E-state index in [1.54, 1.807) is 0 Å². The largest absolute Gasteiger partial charge is 0.326 e. The van der Waals surface area contributed by atoms with Crippen molar-refractivity contribution in [2.24, 2.45) is 5.92 Å². The number of amides is 1. The molecule has 1 N–H and O–H groups in total. The molecule has 1 atom stereocenters. The van der Waals surface area contributed by atoms with Gasteiger partial charge >= 0.3 is 0 Å². The van der Waals surface area contributed by atoms with E-state index in [-0.39, 0.29) is 11.8 Å². The first-order valence-corrected chi connectivity index (χ1v) is 11.2. The lowest BCUT2D eigenvalue weighted by Gasteiger charge is -2.43. The van der Waals surface area contributed by atoms with E-state index in [9.17, 15) is 4.79 Å². The summed E-state index contributed by atoms with van der Waals surface area (Å²) in [7, 11) is 0. The number of rotatable bonds is 4. The summed E-state index contributed by atoms with van der Waals surface area (Å²) in [6, 6.07) is 7.44. The summed E-state index contributed by atoms with van der Waals surface area (Å²) in [6.45, 7) is 8.19. The van der Waals surface area contributed by atoms with Gasteiger partial charge in [0.15, 0.2) is 5.69 Å². The molecular weight excluding hydrogens is 334 g/mol. The maximum absolute atomic E-state index is 12.7. The van der Waals surface area contributed by atoms with Crippen LogP contribution >= 0.6 is 0 Å². The minimum Gasteiger partial charge on any atom is -0.326 e. The second kappa shape index (κ2) is 7.92. The number of carbonyl (C=O) groups excluding carboxylic acids is 1. The summed E-state index contributed by atoms with van der Waals surface area (Å²) in [5.74, 6) is 0.434. The molecule has 4 heteroatoms. The van der Waals surface area contributed by atoms with Crippen molar-refractivity contribution in [3.8, 4) is 0 Å². The fraction of sp³-hybridized carbons (Fsp3) is 0.696. The smallest absolute Gasteiger partial charge is 0.227 e. The van der Waals surface area contributed by atoms with Gasteiger partial charge in [-0.15, -0.1) is 5.01 Å². The molecule has 1 amide bonds. The number of anilines is 1. The lowest BCUT2D eigenvalue weighted by Crippen LogP contribution is -2.61. The maximum Gasteiger partial charge on any atom is 0.227 e. The first-order chi connectivity index (χ1) is 13.1. The van der Waals surface area contributed by atoms with Crippen molar-refractivity contribution in [3.63, 3.8) is 0 Å². The molecule has 3 fully saturated rings. The molecule has 0 radical (unpaired) electrons. The molecule has 4 rings (SSSR count). The number of nitrogens with one attached hydrogen (secondary N) is 1. The van der Waals surface area contributed by atoms with Gasteiger partial charge in [-0.25, -0.2) is 4.59 Å². The zero-order valence-electron chi connectivity index (χ0n) is 17.2. The molecule has 4 nitrogen and oxygen atoms in total. The minimum atomic E-state index is 0.209. The zero-order valence-corrected chi connectivity index (χ0v) is 17.2. The molecule has 1 aromatic carbocycles. The van der Waals surface area contributed by atoms with Crippen molar-refractivity contribution in [2.45, 2.75) is 77.7 Å². The Morgan fingerprint density at radius 1 is 1.04 bits per heavy atom. The predicted octanol–water partition coefficient (Wildman–Crippen LogP) is 5.01. The molecule has 1 saturated carbocycles. The molecule has 0 aromatic heterocycles. The van der Waals surface area contributed by atoms with Crippen LogP contribution in [0, 0.1) is 12.8 Å². The third kappa shape index (κ3) is 3.66. The topological polar surface area (TPSA) is 32.3 Å². The Morgan fingerprint density at radius 3 is 2.41 bits per heavy atom. The van der Waals surface area contributed by atoms with Gasteiger partial charge in [0.05, 0.1) is 6.04 Å². The number of quaternary nitrogens is 1. The Labute approximate surface area is 164 Å². The number of benzene rings is 1. The highest BCUT2D eigenvalue weighted by atomic mass is 16.1. The van der Waals surface area contributed by atoms with Gasteiger partial charge in [0.2, 0.25) is 5.91 Å². The molecule has 148 valence electrons. The van der Waals surface area contributed by atoms with Crippen LogP contribution < -0.4 is 9.91 Å². The van der Waals surface area contributed by atoms with Crippen LogP contribution in [0.4, 0.5) is 11.4 Å². The second-order valence-electron chi connectivity index (χ2n) is 9.05. The van der Waals surface area contributed by atoms with Gasteiger partial charge in [-0.2, -0.15) is 0 Å². The van der Waals surface area contributed by atoms with Gasteiger partial charge in [0, 0.05) is 43.1 Å². The van der Waals surface area contributed by atoms with Gasteiger partial charge in [0.25, 0.3) is 0 Å². The summed E-state index contributed by atoms with van der Waals surface area (Å²) >= 11 is 0. The van der Waals surface area contributed by atoms with Crippen molar-refractivity contribution >= 4 is 17.3 Å². The molecule has 0 unspecified atom stereocenters. The van der Waals surface area contributed by atoms with Crippen molar-refractivity contribution in [1.29, 1.82) is 0 Å². The van der Waals surface area contributed by atoms with E-state index in [2.05, 4.69) is 42.4 Å². The van der Waals surface area contributed by atoms with Crippen LogP contribution in [-0.2, 0) is 4.79 Å². The van der Waals surface area contributed by atoms with E-state index in [0.717, 1.165) is 23.1 Å². The van der Waals surface area contributed by atoms with Crippen molar-refractivity contribution in [1.82, 2.24) is 9.60 Å². The molecule has 0 bridgehead atoms. The highest BCUT2D eigenvalue weighted by Crippen LogP contribution is 2.38. The molecule has 2 saturated heterocycles. The van der Waals surface area contributed by atoms with Gasteiger partial charge in [-0.1, -0.05) is 19.3 Å². The molecule has 0 spiro atoms. The van der Waals surface area contributed by atoms with Crippen molar-refractivity contribution in [2.75, 3.05) is 25.0 Å². The number of hydrogen-bond donors (Lipinski definition) is 1. The standard InChI is InChI=1S/C23H35N3O/c1-18-17-21(26(15-6-7-16-26)25-14-8-9-19(25)2)12-13-22(18)24-23(27)20-10-4-3-5-11-20/h12-13,17,19-20H,3-11,14-16H2,1-2H3/p+1/t19-/m0/s1. The lowest BCUT2D eigenvalue weighted by molar-refractivity contribution is -0.120. The molecule has 3 aliphatic rings. The summed E-state index contributed by atoms with van der Waals surface area (Å²) < 4.78 is 1.03. The Morgan fingerprint density at radius 2 is 1.78 bits per heavy atom. The van der Waals surface area contributed by atoms with E-state index < -0.39 is 0 Å². The number of hydrogen-bond acceptors (Lipinski definition) is 2. The maximum atomic E-state index is 12.7. The first kappa shape index (κ1) is 18.9. The van der Waals surface area contributed by atoms with Crippen LogP contribution in [0.1, 0.15) is 70.3 Å². The first-order valence-electron chi connectivity index (χ1n) is 11.2. The summed E-state index contributed by atoms with van der Waals surface area (Å²) in [6.07, 6.45) is 11.0. The van der Waals surface area contributed by atoms with E-state index in [1.165, 1.54) is 75.8 Å². The highest BCUT2D eigenvalue weighted by molar-refractivity contribution is 5.93. The van der Waals surface area contributed by atoms with Gasteiger partial charge < -0.3 is 5.32 Å². The molecular formula is C23H36N3O+. The van der Waals surface area contributed by atoms with Gasteiger partial charge in [-0.3, -0.25) is 4.79 Å². The molecule has 2 heterocycles. The average molecular weight is 371 g/mol. The van der Waals surface area contributed by atoms with Crippen LogP contribution in [0.25, 0.3) is 0 Å². The summed E-state index contributed by atoms with van der Waals surface area (Å²) in [5, 5.41) is 5.95. The SMILES string of the molecule is Cc1cc([N+]2(N3CCC[C@@H]3C)CCCC2)ccc1NC(=O)C1CCCCC1. The Hall–Kier alpha value is -1.39. The lowest BCUT2D eigenvalue weighted by atomic mass is 9.88. The van der Waals surface area contributed by atoms with Gasteiger partial charge in [-0.05, 0) is 51.2 Å². The molecule has 2 aliphatic heterocycles. The van der Waals surface area contributed by atoms with Crippen molar-refractivity contribution < 1.29 is 4.79 Å². The van der Waals surface area contributed by atoms with E-state index in [1.807, 2.05) is 0 Å². The van der Waals surface area contributed by atoms with E-state index in [0.29, 0.717) is 6.04 Å². The Bertz CT molecular complexity index is 674. The van der Waals surface area contributed by atoms with Crippen LogP contribution in [0.5, 0.6) is 0 Å². The second-order valence-corrected chi connectivity index (χ2v) is 9.05. The predicted molar refractivity (Wildman–Crippen MR) is 113 cm³/mol.